The van der Waals surface area contributed by atoms with Crippen molar-refractivity contribution < 1.29 is 28.7 Å². The molecular formula is C25H22BrN3O6S. The second kappa shape index (κ2) is 11.9. The third kappa shape index (κ3) is 5.95. The fourth-order valence-electron chi connectivity index (χ4n) is 3.72. The van der Waals surface area contributed by atoms with Crippen LogP contribution in [0.1, 0.15) is 27.4 Å². The summed E-state index contributed by atoms with van der Waals surface area (Å²) in [6.07, 6.45) is 0. The van der Waals surface area contributed by atoms with Crippen LogP contribution in [0.5, 0.6) is 0 Å². The Bertz CT molecular complexity index is 1290. The molecule has 0 saturated heterocycles. The summed E-state index contributed by atoms with van der Waals surface area (Å²) in [6, 6.07) is 13.6. The predicted molar refractivity (Wildman–Crippen MR) is 137 cm³/mol. The van der Waals surface area contributed by atoms with E-state index < -0.39 is 29.7 Å². The zero-order valence-corrected chi connectivity index (χ0v) is 22.0. The van der Waals surface area contributed by atoms with Gasteiger partial charge in [0.1, 0.15) is 5.92 Å². The van der Waals surface area contributed by atoms with Gasteiger partial charge in [0.05, 0.1) is 42.2 Å². The van der Waals surface area contributed by atoms with Crippen LogP contribution in [0, 0.1) is 24.2 Å². The molecule has 186 valence electrons. The molecule has 2 N–H and O–H groups in total. The van der Waals surface area contributed by atoms with Crippen molar-refractivity contribution in [2.24, 2.45) is 5.92 Å². The highest BCUT2D eigenvalue weighted by Gasteiger charge is 2.44. The van der Waals surface area contributed by atoms with E-state index in [1.54, 1.807) is 24.3 Å². The second-order valence-electron chi connectivity index (χ2n) is 7.73. The summed E-state index contributed by atoms with van der Waals surface area (Å²) >= 11 is 4.35. The zero-order chi connectivity index (χ0) is 26.4. The number of rotatable bonds is 7. The van der Waals surface area contributed by atoms with Crippen molar-refractivity contribution in [1.82, 2.24) is 5.32 Å². The number of nitriles is 1. The molecule has 1 aliphatic rings. The molecule has 0 aromatic heterocycles. The molecule has 2 amide bonds. The fraction of sp³-hybridized carbons (Fsp3) is 0.240. The third-order valence-corrected chi connectivity index (χ3v) is 7.00. The van der Waals surface area contributed by atoms with E-state index in [9.17, 15) is 24.4 Å². The smallest absolute Gasteiger partial charge is 0.337 e. The van der Waals surface area contributed by atoms with Gasteiger partial charge in [-0.3, -0.25) is 14.4 Å². The van der Waals surface area contributed by atoms with Gasteiger partial charge in [0.15, 0.2) is 0 Å². The number of halogens is 1. The lowest BCUT2D eigenvalue weighted by atomic mass is 9.78. The first-order valence-electron chi connectivity index (χ1n) is 10.6. The highest BCUT2D eigenvalue weighted by Crippen LogP contribution is 2.40. The zero-order valence-electron chi connectivity index (χ0n) is 19.6. The molecule has 0 radical (unpaired) electrons. The van der Waals surface area contributed by atoms with Crippen LogP contribution >= 0.6 is 27.7 Å². The van der Waals surface area contributed by atoms with Crippen molar-refractivity contribution in [3.63, 3.8) is 0 Å². The van der Waals surface area contributed by atoms with Crippen molar-refractivity contribution in [2.45, 2.75) is 12.8 Å². The number of nitrogens with zero attached hydrogens (tertiary/aromatic N) is 1. The molecule has 0 bridgehead atoms. The number of hydrogen-bond acceptors (Lipinski definition) is 8. The summed E-state index contributed by atoms with van der Waals surface area (Å²) < 4.78 is 10.4. The number of benzene rings is 2. The number of allylic oxidation sites excluding steroid dienone is 1. The number of carbonyl (C=O) groups excluding carboxylic acids is 4. The molecule has 2 atom stereocenters. The maximum Gasteiger partial charge on any atom is 0.337 e. The standard InChI is InChI=1S/C25H22BrN3O6S/c1-13-10-16(26)8-9-18(13)28-19(30)12-36-23-17(11-27)20(21(22(31)29-23)25(33)35-3)14-4-6-15(7-5-14)24(32)34-2/h4-10,20-21H,12H2,1-3H3,(H,28,30)(H,29,31)/t20-,21+/m0/s1. The summed E-state index contributed by atoms with van der Waals surface area (Å²) in [6.45, 7) is 1.86. The largest absolute Gasteiger partial charge is 0.468 e. The van der Waals surface area contributed by atoms with Gasteiger partial charge in [-0.15, -0.1) is 0 Å². The van der Waals surface area contributed by atoms with E-state index in [4.69, 9.17) is 9.47 Å². The number of aryl methyl sites for hydroxylation is 1. The molecule has 0 unspecified atom stereocenters. The van der Waals surface area contributed by atoms with E-state index in [0.717, 1.165) is 28.9 Å². The lowest BCUT2D eigenvalue weighted by Crippen LogP contribution is -2.44. The van der Waals surface area contributed by atoms with Crippen molar-refractivity contribution in [1.29, 1.82) is 5.26 Å². The molecule has 9 nitrogen and oxygen atoms in total. The van der Waals surface area contributed by atoms with Gasteiger partial charge in [0.2, 0.25) is 11.8 Å². The summed E-state index contributed by atoms with van der Waals surface area (Å²) in [5.74, 6) is -4.73. The fourth-order valence-corrected chi connectivity index (χ4v) is 5.04. The van der Waals surface area contributed by atoms with Crippen LogP contribution < -0.4 is 10.6 Å². The maximum atomic E-state index is 12.9. The first-order chi connectivity index (χ1) is 17.2. The van der Waals surface area contributed by atoms with Crippen LogP contribution in [0.15, 0.2) is 57.5 Å². The van der Waals surface area contributed by atoms with Crippen LogP contribution in [0.25, 0.3) is 0 Å². The Kier molecular flexibility index (Phi) is 8.90. The van der Waals surface area contributed by atoms with Gasteiger partial charge in [-0.2, -0.15) is 5.26 Å². The third-order valence-electron chi connectivity index (χ3n) is 5.48. The Labute approximate surface area is 220 Å². The van der Waals surface area contributed by atoms with Crippen LogP contribution in [0.4, 0.5) is 5.69 Å². The normalized spacial score (nSPS) is 17.0. The van der Waals surface area contributed by atoms with Crippen LogP contribution in [0.2, 0.25) is 0 Å². The number of nitrogens with one attached hydrogen (secondary N) is 2. The highest BCUT2D eigenvalue weighted by atomic mass is 79.9. The molecule has 0 fully saturated rings. The topological polar surface area (TPSA) is 135 Å². The molecule has 0 saturated carbocycles. The lowest BCUT2D eigenvalue weighted by Gasteiger charge is -2.31. The van der Waals surface area contributed by atoms with Gasteiger partial charge in [-0.05, 0) is 48.4 Å². The van der Waals surface area contributed by atoms with Gasteiger partial charge in [-0.1, -0.05) is 39.8 Å². The first kappa shape index (κ1) is 27.0. The Morgan fingerprint density at radius 1 is 1.14 bits per heavy atom. The minimum atomic E-state index is -1.32. The van der Waals surface area contributed by atoms with Crippen molar-refractivity contribution in [3.05, 3.63) is 74.2 Å². The summed E-state index contributed by atoms with van der Waals surface area (Å²) in [5, 5.41) is 15.6. The highest BCUT2D eigenvalue weighted by molar-refractivity contribution is 9.10. The second-order valence-corrected chi connectivity index (χ2v) is 9.63. The van der Waals surface area contributed by atoms with E-state index in [-0.39, 0.29) is 27.8 Å². The molecule has 2 aromatic carbocycles. The first-order valence-corrected chi connectivity index (χ1v) is 12.4. The van der Waals surface area contributed by atoms with Crippen LogP contribution in [-0.2, 0) is 23.9 Å². The number of thioether (sulfide) groups is 1. The average Bonchev–Trinajstić information content (AvgIpc) is 2.87. The number of methoxy groups -OCH3 is 2. The molecule has 3 rings (SSSR count). The van der Waals surface area contributed by atoms with Gasteiger partial charge >= 0.3 is 11.9 Å². The Hall–Kier alpha value is -3.62. The number of hydrogen-bond donors (Lipinski definition) is 2. The van der Waals surface area contributed by atoms with E-state index in [2.05, 4.69) is 32.6 Å². The van der Waals surface area contributed by atoms with Crippen molar-refractivity contribution >= 4 is 57.1 Å². The Morgan fingerprint density at radius 2 is 1.83 bits per heavy atom. The van der Waals surface area contributed by atoms with Crippen LogP contribution in [-0.4, -0.2) is 43.7 Å². The monoisotopic (exact) mass is 571 g/mol. The van der Waals surface area contributed by atoms with Gasteiger partial charge < -0.3 is 20.1 Å². The number of esters is 2. The van der Waals surface area contributed by atoms with E-state index in [0.29, 0.717) is 11.3 Å². The number of anilines is 1. The molecule has 0 aliphatic carbocycles. The lowest BCUT2D eigenvalue weighted by molar-refractivity contribution is -0.150. The average molecular weight is 572 g/mol. The minimum absolute atomic E-state index is 0.0901. The minimum Gasteiger partial charge on any atom is -0.468 e. The number of carbonyl (C=O) groups is 4. The number of ether oxygens (including phenoxy) is 2. The Morgan fingerprint density at radius 3 is 2.42 bits per heavy atom. The van der Waals surface area contributed by atoms with Crippen molar-refractivity contribution in [3.8, 4) is 6.07 Å². The van der Waals surface area contributed by atoms with Gasteiger partial charge in [0.25, 0.3) is 0 Å². The predicted octanol–water partition coefficient (Wildman–Crippen LogP) is 3.65. The molecule has 1 aliphatic heterocycles. The maximum absolute atomic E-state index is 12.9. The van der Waals surface area contributed by atoms with Gasteiger partial charge in [-0.25, -0.2) is 4.79 Å². The molecule has 1 heterocycles. The van der Waals surface area contributed by atoms with E-state index in [1.807, 2.05) is 13.0 Å². The quantitative estimate of drug-likeness (QED) is 0.379. The summed E-state index contributed by atoms with van der Waals surface area (Å²) in [5.41, 5.74) is 2.33. The Balaban J connectivity index is 1.91. The van der Waals surface area contributed by atoms with E-state index >= 15 is 0 Å². The number of amides is 2. The molecule has 2 aromatic rings. The molecule has 11 heteroatoms. The van der Waals surface area contributed by atoms with Crippen LogP contribution in [0.3, 0.4) is 0 Å². The molecule has 36 heavy (non-hydrogen) atoms. The van der Waals surface area contributed by atoms with Crippen molar-refractivity contribution in [2.75, 3.05) is 25.3 Å². The molecular weight excluding hydrogens is 550 g/mol. The SMILES string of the molecule is COC(=O)c1ccc([C@H]2C(C#N)=C(SCC(=O)Nc3ccc(Br)cc3C)NC(=O)[C@@H]2C(=O)OC)cc1. The van der Waals surface area contributed by atoms with E-state index in [1.165, 1.54) is 19.2 Å². The van der Waals surface area contributed by atoms with Gasteiger partial charge in [0, 0.05) is 16.1 Å². The summed E-state index contributed by atoms with van der Waals surface area (Å²) in [4.78, 5) is 49.8. The summed E-state index contributed by atoms with van der Waals surface area (Å²) in [7, 11) is 2.41. The molecule has 0 spiro atoms.